The van der Waals surface area contributed by atoms with Crippen molar-refractivity contribution in [3.63, 3.8) is 0 Å². The van der Waals surface area contributed by atoms with Crippen LogP contribution in [0, 0.1) is 0 Å². The van der Waals surface area contributed by atoms with Gasteiger partial charge in [0.15, 0.2) is 0 Å². The summed E-state index contributed by atoms with van der Waals surface area (Å²) in [6, 6.07) is 0. The second kappa shape index (κ2) is 11.8. The van der Waals surface area contributed by atoms with E-state index in [1.54, 1.807) is 0 Å². The predicted octanol–water partition coefficient (Wildman–Crippen LogP) is 3.32. The van der Waals surface area contributed by atoms with Gasteiger partial charge in [-0.1, -0.05) is 45.4 Å². The fraction of sp³-hybridized carbons (Fsp3) is 0.900. The van der Waals surface area contributed by atoms with Gasteiger partial charge in [0.2, 0.25) is 0 Å². The van der Waals surface area contributed by atoms with E-state index in [1.165, 1.54) is 32.1 Å². The summed E-state index contributed by atoms with van der Waals surface area (Å²) in [5.74, 6) is -0.663. The minimum Gasteiger partial charge on any atom is -0.481 e. The van der Waals surface area contributed by atoms with Gasteiger partial charge in [0, 0.05) is 6.42 Å². The molecule has 2 nitrogen and oxygen atoms in total. The molecule has 0 unspecified atom stereocenters. The van der Waals surface area contributed by atoms with Crippen molar-refractivity contribution in [2.75, 3.05) is 0 Å². The predicted molar refractivity (Wildman–Crippen MR) is 60.6 cm³/mol. The topological polar surface area (TPSA) is 37.3 Å². The van der Waals surface area contributed by atoms with Crippen LogP contribution in [0.3, 0.4) is 0 Å². The monoisotopic (exact) mass is 206 g/mol. The highest BCUT2D eigenvalue weighted by Crippen LogP contribution is 2.07. The molecule has 0 heterocycles. The normalized spacial score (nSPS) is 9.31. The van der Waals surface area contributed by atoms with Crippen molar-refractivity contribution in [3.8, 4) is 0 Å². The van der Waals surface area contributed by atoms with Gasteiger partial charge in [-0.15, -0.1) is 0 Å². The lowest BCUT2D eigenvalue weighted by molar-refractivity contribution is -0.137. The average molecular weight is 206 g/mol. The molecule has 0 bridgehead atoms. The molecular formula is C10H22O2S. The van der Waals surface area contributed by atoms with Gasteiger partial charge < -0.3 is 5.11 Å². The van der Waals surface area contributed by atoms with Crippen LogP contribution in [-0.4, -0.2) is 11.1 Å². The van der Waals surface area contributed by atoms with Crippen LogP contribution < -0.4 is 0 Å². The minimum absolute atomic E-state index is 0. The average Bonchev–Trinajstić information content (AvgIpc) is 2.02. The molecule has 13 heavy (non-hydrogen) atoms. The first-order valence-electron chi connectivity index (χ1n) is 4.99. The lowest BCUT2D eigenvalue weighted by atomic mass is 10.1. The lowest BCUT2D eigenvalue weighted by Gasteiger charge is -1.98. The van der Waals surface area contributed by atoms with E-state index in [9.17, 15) is 4.79 Å². The molecule has 0 saturated carbocycles. The van der Waals surface area contributed by atoms with Gasteiger partial charge in [-0.3, -0.25) is 4.79 Å². The quantitative estimate of drug-likeness (QED) is 0.619. The Kier molecular flexibility index (Phi) is 13.9. The van der Waals surface area contributed by atoms with Crippen LogP contribution in [0.1, 0.15) is 58.3 Å². The molecule has 0 radical (unpaired) electrons. The molecule has 0 aromatic heterocycles. The molecule has 0 rings (SSSR count). The standard InChI is InChI=1S/C10H20O2.H2S/c1-2-3-4-5-6-7-8-9-10(11)12;/h2-9H2,1H3,(H,11,12);1H2. The Balaban J connectivity index is 0. The number of unbranched alkanes of at least 4 members (excludes halogenated alkanes) is 6. The third-order valence-corrected chi connectivity index (χ3v) is 1.99. The van der Waals surface area contributed by atoms with E-state index in [0.29, 0.717) is 6.42 Å². The van der Waals surface area contributed by atoms with Crippen LogP contribution in [0.15, 0.2) is 0 Å². The van der Waals surface area contributed by atoms with Crippen LogP contribution in [0.2, 0.25) is 0 Å². The third kappa shape index (κ3) is 14.7. The lowest BCUT2D eigenvalue weighted by Crippen LogP contribution is -1.93. The van der Waals surface area contributed by atoms with Crippen LogP contribution in [0.25, 0.3) is 0 Å². The molecule has 0 amide bonds. The summed E-state index contributed by atoms with van der Waals surface area (Å²) in [5, 5.41) is 8.35. The van der Waals surface area contributed by atoms with Gasteiger partial charge in [-0.05, 0) is 6.42 Å². The number of carboxylic acid groups (broad SMARTS) is 1. The number of rotatable bonds is 8. The Labute approximate surface area is 88.2 Å². The minimum atomic E-state index is -0.663. The van der Waals surface area contributed by atoms with Gasteiger partial charge in [-0.2, -0.15) is 13.5 Å². The third-order valence-electron chi connectivity index (χ3n) is 1.99. The Morgan fingerprint density at radius 2 is 1.46 bits per heavy atom. The molecule has 1 N–H and O–H groups in total. The SMILES string of the molecule is CCCCCCCCCC(=O)O.S. The van der Waals surface area contributed by atoms with Crippen molar-refractivity contribution in [1.82, 2.24) is 0 Å². The zero-order valence-electron chi connectivity index (χ0n) is 8.51. The van der Waals surface area contributed by atoms with E-state index in [4.69, 9.17) is 5.11 Å². The summed E-state index contributed by atoms with van der Waals surface area (Å²) >= 11 is 0. The highest BCUT2D eigenvalue weighted by atomic mass is 32.1. The maximum Gasteiger partial charge on any atom is 0.303 e. The number of aliphatic carboxylic acids is 1. The van der Waals surface area contributed by atoms with E-state index in [1.807, 2.05) is 0 Å². The van der Waals surface area contributed by atoms with Gasteiger partial charge in [0.05, 0.1) is 0 Å². The second-order valence-corrected chi connectivity index (χ2v) is 3.27. The van der Waals surface area contributed by atoms with Crippen molar-refractivity contribution in [2.24, 2.45) is 0 Å². The molecule has 0 aliphatic carbocycles. The number of hydrogen-bond acceptors (Lipinski definition) is 1. The van der Waals surface area contributed by atoms with Crippen LogP contribution in [0.4, 0.5) is 0 Å². The summed E-state index contributed by atoms with van der Waals surface area (Å²) in [6.45, 7) is 2.20. The maximum absolute atomic E-state index is 10.1. The van der Waals surface area contributed by atoms with Crippen LogP contribution in [-0.2, 0) is 4.79 Å². The summed E-state index contributed by atoms with van der Waals surface area (Å²) in [6.07, 6.45) is 8.64. The van der Waals surface area contributed by atoms with Gasteiger partial charge in [0.1, 0.15) is 0 Å². The molecule has 3 heteroatoms. The van der Waals surface area contributed by atoms with Crippen LogP contribution in [0.5, 0.6) is 0 Å². The summed E-state index contributed by atoms with van der Waals surface area (Å²) in [5.41, 5.74) is 0. The Morgan fingerprint density at radius 1 is 1.00 bits per heavy atom. The van der Waals surface area contributed by atoms with Gasteiger partial charge >= 0.3 is 5.97 Å². The highest BCUT2D eigenvalue weighted by molar-refractivity contribution is 7.59. The van der Waals surface area contributed by atoms with Crippen molar-refractivity contribution in [3.05, 3.63) is 0 Å². The smallest absolute Gasteiger partial charge is 0.303 e. The Bertz CT molecular complexity index is 115. The molecule has 0 aliphatic rings. The van der Waals surface area contributed by atoms with E-state index >= 15 is 0 Å². The number of carbonyl (C=O) groups is 1. The number of hydrogen-bond donors (Lipinski definition) is 1. The Morgan fingerprint density at radius 3 is 1.92 bits per heavy atom. The zero-order chi connectivity index (χ0) is 9.23. The van der Waals surface area contributed by atoms with E-state index < -0.39 is 5.97 Å². The van der Waals surface area contributed by atoms with Crippen molar-refractivity contribution in [1.29, 1.82) is 0 Å². The molecule has 0 aromatic rings. The van der Waals surface area contributed by atoms with Crippen molar-refractivity contribution >= 4 is 19.5 Å². The summed E-state index contributed by atoms with van der Waals surface area (Å²) in [4.78, 5) is 10.1. The molecule has 80 valence electrons. The fourth-order valence-corrected chi connectivity index (χ4v) is 1.23. The fourth-order valence-electron chi connectivity index (χ4n) is 1.23. The first-order valence-corrected chi connectivity index (χ1v) is 4.99. The zero-order valence-corrected chi connectivity index (χ0v) is 9.51. The highest BCUT2D eigenvalue weighted by Gasteiger charge is 1.95. The van der Waals surface area contributed by atoms with E-state index in [2.05, 4.69) is 6.92 Å². The molecule has 0 spiro atoms. The molecule has 0 aromatic carbocycles. The molecule has 0 fully saturated rings. The second-order valence-electron chi connectivity index (χ2n) is 3.27. The first-order chi connectivity index (χ1) is 5.77. The molecule has 0 atom stereocenters. The van der Waals surface area contributed by atoms with Gasteiger partial charge in [-0.25, -0.2) is 0 Å². The maximum atomic E-state index is 10.1. The van der Waals surface area contributed by atoms with E-state index in [0.717, 1.165) is 12.8 Å². The molecule has 0 saturated heterocycles. The van der Waals surface area contributed by atoms with E-state index in [-0.39, 0.29) is 13.5 Å². The molecule has 0 aliphatic heterocycles. The molecular weight excluding hydrogens is 184 g/mol. The van der Waals surface area contributed by atoms with Crippen molar-refractivity contribution < 1.29 is 9.90 Å². The first kappa shape index (κ1) is 15.3. The van der Waals surface area contributed by atoms with Crippen molar-refractivity contribution in [2.45, 2.75) is 58.3 Å². The largest absolute Gasteiger partial charge is 0.481 e. The Hall–Kier alpha value is -0.180. The van der Waals surface area contributed by atoms with Crippen LogP contribution >= 0.6 is 13.5 Å². The van der Waals surface area contributed by atoms with Gasteiger partial charge in [0.25, 0.3) is 0 Å². The summed E-state index contributed by atoms with van der Waals surface area (Å²) in [7, 11) is 0. The number of carboxylic acids is 1. The summed E-state index contributed by atoms with van der Waals surface area (Å²) < 4.78 is 0.